The van der Waals surface area contributed by atoms with Gasteiger partial charge in [-0.15, -0.1) is 0 Å². The van der Waals surface area contributed by atoms with Crippen molar-refractivity contribution in [3.63, 3.8) is 0 Å². The molecule has 0 aromatic carbocycles. The van der Waals surface area contributed by atoms with Gasteiger partial charge < -0.3 is 10.7 Å². The monoisotopic (exact) mass is 243 g/mol. The molecule has 2 aromatic heterocycles. The molecule has 0 radical (unpaired) electrons. The second kappa shape index (κ2) is 4.86. The number of hydrogen-bond acceptors (Lipinski definition) is 4. The summed E-state index contributed by atoms with van der Waals surface area (Å²) in [5, 5.41) is 0. The van der Waals surface area contributed by atoms with Crippen LogP contribution in [-0.4, -0.2) is 26.0 Å². The lowest BCUT2D eigenvalue weighted by Gasteiger charge is -2.24. The van der Waals surface area contributed by atoms with Crippen molar-refractivity contribution in [2.24, 2.45) is 5.73 Å². The van der Waals surface area contributed by atoms with Crippen LogP contribution in [0.3, 0.4) is 0 Å². The van der Waals surface area contributed by atoms with Gasteiger partial charge >= 0.3 is 0 Å². The van der Waals surface area contributed by atoms with Crippen molar-refractivity contribution in [3.8, 4) is 11.4 Å². The van der Waals surface area contributed by atoms with Gasteiger partial charge in [0.05, 0.1) is 18.1 Å². The average molecular weight is 243 g/mol. The molecule has 0 amide bonds. The highest BCUT2D eigenvalue weighted by Crippen LogP contribution is 2.31. The largest absolute Gasteiger partial charge is 0.340 e. The molecule has 2 aromatic rings. The molecule has 0 spiro atoms. The van der Waals surface area contributed by atoms with E-state index in [1.165, 1.54) is 0 Å². The van der Waals surface area contributed by atoms with Gasteiger partial charge in [0.1, 0.15) is 11.5 Å². The normalized spacial score (nSPS) is 24.1. The van der Waals surface area contributed by atoms with Crippen LogP contribution in [0, 0.1) is 0 Å². The molecular weight excluding hydrogens is 226 g/mol. The first-order chi connectivity index (χ1) is 8.83. The molecule has 0 atom stereocenters. The minimum absolute atomic E-state index is 0.371. The van der Waals surface area contributed by atoms with Gasteiger partial charge in [0.2, 0.25) is 0 Å². The van der Waals surface area contributed by atoms with Crippen LogP contribution in [0.1, 0.15) is 37.4 Å². The van der Waals surface area contributed by atoms with Gasteiger partial charge in [-0.05, 0) is 25.7 Å². The number of nitrogens with one attached hydrogen (secondary N) is 1. The molecule has 3 N–H and O–H groups in total. The molecule has 1 aliphatic carbocycles. The summed E-state index contributed by atoms with van der Waals surface area (Å²) in [7, 11) is 0. The van der Waals surface area contributed by atoms with E-state index in [4.69, 9.17) is 5.73 Å². The SMILES string of the molecule is NC1CCC(c2ncc(-c3cnccn3)[nH]2)CC1. The van der Waals surface area contributed by atoms with Crippen molar-refractivity contribution in [2.75, 3.05) is 0 Å². The van der Waals surface area contributed by atoms with Crippen LogP contribution in [-0.2, 0) is 0 Å². The number of H-pyrrole nitrogens is 1. The summed E-state index contributed by atoms with van der Waals surface area (Å²) in [6.45, 7) is 0. The van der Waals surface area contributed by atoms with Crippen molar-refractivity contribution < 1.29 is 0 Å². The van der Waals surface area contributed by atoms with Gasteiger partial charge in [0, 0.05) is 24.4 Å². The van der Waals surface area contributed by atoms with Gasteiger partial charge in [-0.25, -0.2) is 4.98 Å². The molecule has 3 rings (SSSR count). The Morgan fingerprint density at radius 2 is 1.89 bits per heavy atom. The standard InChI is InChI=1S/C13H17N5/c14-10-3-1-9(2-4-10)13-17-8-12(18-13)11-7-15-5-6-16-11/h5-10H,1-4,14H2,(H,17,18). The van der Waals surface area contributed by atoms with E-state index in [1.54, 1.807) is 18.6 Å². The fourth-order valence-electron chi connectivity index (χ4n) is 2.51. The zero-order valence-corrected chi connectivity index (χ0v) is 10.2. The highest BCUT2D eigenvalue weighted by Gasteiger charge is 2.22. The summed E-state index contributed by atoms with van der Waals surface area (Å²) in [6.07, 6.45) is 11.4. The second-order valence-electron chi connectivity index (χ2n) is 4.88. The third-order valence-electron chi connectivity index (χ3n) is 3.59. The Balaban J connectivity index is 1.78. The molecule has 1 saturated carbocycles. The molecule has 94 valence electrons. The predicted octanol–water partition coefficient (Wildman–Crippen LogP) is 1.85. The quantitative estimate of drug-likeness (QED) is 0.843. The van der Waals surface area contributed by atoms with Gasteiger partial charge in [-0.1, -0.05) is 0 Å². The highest BCUT2D eigenvalue weighted by atomic mass is 14.9. The Bertz CT molecular complexity index is 499. The Kier molecular flexibility index (Phi) is 3.06. The van der Waals surface area contributed by atoms with Crippen molar-refractivity contribution in [1.29, 1.82) is 0 Å². The van der Waals surface area contributed by atoms with Gasteiger partial charge in [-0.3, -0.25) is 9.97 Å². The van der Waals surface area contributed by atoms with Crippen LogP contribution in [0.15, 0.2) is 24.8 Å². The molecule has 5 heteroatoms. The number of rotatable bonds is 2. The third-order valence-corrected chi connectivity index (χ3v) is 3.59. The maximum atomic E-state index is 5.92. The van der Waals surface area contributed by atoms with Crippen molar-refractivity contribution in [2.45, 2.75) is 37.6 Å². The minimum atomic E-state index is 0.371. The van der Waals surface area contributed by atoms with Crippen LogP contribution < -0.4 is 5.73 Å². The molecule has 0 bridgehead atoms. The first-order valence-corrected chi connectivity index (χ1v) is 6.40. The predicted molar refractivity (Wildman–Crippen MR) is 68.8 cm³/mol. The maximum Gasteiger partial charge on any atom is 0.109 e. The third kappa shape index (κ3) is 2.26. The van der Waals surface area contributed by atoms with E-state index in [0.29, 0.717) is 12.0 Å². The number of aromatic amines is 1. The topological polar surface area (TPSA) is 80.5 Å². The van der Waals surface area contributed by atoms with Crippen molar-refractivity contribution in [3.05, 3.63) is 30.6 Å². The lowest BCUT2D eigenvalue weighted by atomic mass is 9.86. The highest BCUT2D eigenvalue weighted by molar-refractivity contribution is 5.51. The zero-order chi connectivity index (χ0) is 12.4. The Hall–Kier alpha value is -1.75. The van der Waals surface area contributed by atoms with E-state index >= 15 is 0 Å². The lowest BCUT2D eigenvalue weighted by Crippen LogP contribution is -2.26. The van der Waals surface area contributed by atoms with Crippen LogP contribution in [0.4, 0.5) is 0 Å². The molecule has 0 saturated heterocycles. The summed E-state index contributed by atoms with van der Waals surface area (Å²) < 4.78 is 0. The van der Waals surface area contributed by atoms with E-state index in [-0.39, 0.29) is 0 Å². The van der Waals surface area contributed by atoms with E-state index in [9.17, 15) is 0 Å². The van der Waals surface area contributed by atoms with Crippen LogP contribution >= 0.6 is 0 Å². The van der Waals surface area contributed by atoms with Crippen LogP contribution in [0.2, 0.25) is 0 Å². The first-order valence-electron chi connectivity index (χ1n) is 6.40. The molecule has 2 heterocycles. The van der Waals surface area contributed by atoms with Gasteiger partial charge in [-0.2, -0.15) is 0 Å². The zero-order valence-electron chi connectivity index (χ0n) is 10.2. The average Bonchev–Trinajstić information content (AvgIpc) is 2.90. The fraction of sp³-hybridized carbons (Fsp3) is 0.462. The van der Waals surface area contributed by atoms with E-state index in [2.05, 4.69) is 19.9 Å². The molecular formula is C13H17N5. The number of nitrogens with two attached hydrogens (primary N) is 1. The van der Waals surface area contributed by atoms with E-state index in [0.717, 1.165) is 42.9 Å². The summed E-state index contributed by atoms with van der Waals surface area (Å²) in [5.41, 5.74) is 7.70. The number of nitrogens with zero attached hydrogens (tertiary/aromatic N) is 3. The van der Waals surface area contributed by atoms with E-state index in [1.807, 2.05) is 6.20 Å². The van der Waals surface area contributed by atoms with Gasteiger partial charge in [0.25, 0.3) is 0 Å². The van der Waals surface area contributed by atoms with Crippen molar-refractivity contribution >= 4 is 0 Å². The van der Waals surface area contributed by atoms with Gasteiger partial charge in [0.15, 0.2) is 0 Å². The van der Waals surface area contributed by atoms with Crippen LogP contribution in [0.25, 0.3) is 11.4 Å². The number of imidazole rings is 1. The lowest BCUT2D eigenvalue weighted by molar-refractivity contribution is 0.386. The number of hydrogen-bond donors (Lipinski definition) is 2. The molecule has 1 fully saturated rings. The van der Waals surface area contributed by atoms with E-state index < -0.39 is 0 Å². The maximum absolute atomic E-state index is 5.92. The second-order valence-corrected chi connectivity index (χ2v) is 4.88. The summed E-state index contributed by atoms with van der Waals surface area (Å²) >= 11 is 0. The molecule has 0 unspecified atom stereocenters. The summed E-state index contributed by atoms with van der Waals surface area (Å²) in [4.78, 5) is 16.2. The Morgan fingerprint density at radius 3 is 2.61 bits per heavy atom. The summed E-state index contributed by atoms with van der Waals surface area (Å²) in [5.74, 6) is 1.57. The number of aromatic nitrogens is 4. The fourth-order valence-corrected chi connectivity index (χ4v) is 2.51. The smallest absolute Gasteiger partial charge is 0.109 e. The minimum Gasteiger partial charge on any atom is -0.340 e. The molecule has 1 aliphatic rings. The summed E-state index contributed by atoms with van der Waals surface area (Å²) in [6, 6.07) is 0.371. The Morgan fingerprint density at radius 1 is 1.06 bits per heavy atom. The first kappa shape index (κ1) is 11.3. The van der Waals surface area contributed by atoms with Crippen molar-refractivity contribution in [1.82, 2.24) is 19.9 Å². The molecule has 5 nitrogen and oxygen atoms in total. The Labute approximate surface area is 106 Å². The van der Waals surface area contributed by atoms with Crippen LogP contribution in [0.5, 0.6) is 0 Å². The molecule has 0 aliphatic heterocycles. The molecule has 18 heavy (non-hydrogen) atoms.